The van der Waals surface area contributed by atoms with Crippen LogP contribution in [-0.2, 0) is 0 Å². The average Bonchev–Trinajstić information content (AvgIpc) is 3.62. The van der Waals surface area contributed by atoms with Crippen LogP contribution in [0.25, 0.3) is 0 Å². The van der Waals surface area contributed by atoms with E-state index in [-0.39, 0.29) is 0 Å². The monoisotopic (exact) mass is 671 g/mol. The molecule has 286 valence electrons. The van der Waals surface area contributed by atoms with Crippen molar-refractivity contribution in [3.63, 3.8) is 0 Å². The Bertz CT molecular complexity index is 658. The van der Waals surface area contributed by atoms with Crippen LogP contribution in [0.2, 0.25) is 0 Å². The second-order valence-electron chi connectivity index (χ2n) is 15.9. The van der Waals surface area contributed by atoms with Crippen LogP contribution < -0.4 is 0 Å². The molecule has 0 amide bonds. The molecule has 0 aromatic heterocycles. The average molecular weight is 671 g/mol. The van der Waals surface area contributed by atoms with Crippen LogP contribution in [0, 0.1) is 34.5 Å². The highest BCUT2D eigenvalue weighted by molar-refractivity contribution is 4.99. The van der Waals surface area contributed by atoms with Crippen molar-refractivity contribution in [2.45, 2.75) is 249 Å². The molecule has 8 saturated carbocycles. The molecule has 2 spiro atoms. The summed E-state index contributed by atoms with van der Waals surface area (Å²) in [6.45, 7) is 27.7. The van der Waals surface area contributed by atoms with Gasteiger partial charge in [-0.15, -0.1) is 0 Å². The molecule has 2 atom stereocenters. The Kier molecular flexibility index (Phi) is 28.8. The van der Waals surface area contributed by atoms with Gasteiger partial charge in [0, 0.05) is 0 Å². The molecule has 0 aromatic rings. The lowest BCUT2D eigenvalue weighted by Crippen LogP contribution is -2.14. The van der Waals surface area contributed by atoms with E-state index in [1.54, 1.807) is 128 Å². The zero-order valence-electron chi connectivity index (χ0n) is 35.5. The number of rotatable bonds is 4. The Morgan fingerprint density at radius 3 is 0.875 bits per heavy atom. The smallest absolute Gasteiger partial charge is 0.0295 e. The van der Waals surface area contributed by atoms with Gasteiger partial charge in [0.05, 0.1) is 0 Å². The second kappa shape index (κ2) is 29.1. The first kappa shape index (κ1) is 47.5. The third-order valence-electron chi connectivity index (χ3n) is 12.3. The second-order valence-corrected chi connectivity index (χ2v) is 15.9. The highest BCUT2D eigenvalue weighted by Crippen LogP contribution is 2.57. The molecule has 0 heterocycles. The molecular formula is C48H94. The molecule has 0 bridgehead atoms. The third-order valence-corrected chi connectivity index (χ3v) is 12.3. The highest BCUT2D eigenvalue weighted by atomic mass is 14.5. The molecule has 0 radical (unpaired) electrons. The first-order valence-electron chi connectivity index (χ1n) is 22.8. The molecular weight excluding hydrogens is 577 g/mol. The van der Waals surface area contributed by atoms with E-state index in [1.165, 1.54) is 74.3 Å². The highest BCUT2D eigenvalue weighted by Gasteiger charge is 2.44. The fraction of sp³-hybridized carbons (Fsp3) is 0.917. The summed E-state index contributed by atoms with van der Waals surface area (Å²) in [5.41, 5.74) is 4.62. The summed E-state index contributed by atoms with van der Waals surface area (Å²) < 4.78 is 0. The predicted molar refractivity (Wildman–Crippen MR) is 223 cm³/mol. The molecule has 0 N–H and O–H groups in total. The number of allylic oxidation sites excluding steroid dienone is 2. The summed E-state index contributed by atoms with van der Waals surface area (Å²) in [4.78, 5) is 0. The SMILES string of the molecule is C1CC1CC1CC1.C1CCC2(C1)CCC(CC1CCC3(CCCC3)C1)C2.C=C1CCCC1.C=C1CCCC1.CC.CC.CC.CC.CC. The number of hydrogen-bond donors (Lipinski definition) is 0. The normalized spacial score (nSPS) is 26.5. The van der Waals surface area contributed by atoms with Gasteiger partial charge in [0.2, 0.25) is 0 Å². The van der Waals surface area contributed by atoms with Gasteiger partial charge in [-0.25, -0.2) is 0 Å². The van der Waals surface area contributed by atoms with E-state index in [0.717, 1.165) is 22.7 Å². The lowest BCUT2D eigenvalue weighted by Gasteiger charge is -2.25. The minimum atomic E-state index is 0.855. The Morgan fingerprint density at radius 2 is 0.646 bits per heavy atom. The van der Waals surface area contributed by atoms with Crippen LogP contribution in [0.1, 0.15) is 249 Å². The van der Waals surface area contributed by atoms with E-state index >= 15 is 0 Å². The molecule has 0 aromatic carbocycles. The van der Waals surface area contributed by atoms with E-state index < -0.39 is 0 Å². The Hall–Kier alpha value is -0.520. The molecule has 0 heteroatoms. The van der Waals surface area contributed by atoms with Crippen molar-refractivity contribution < 1.29 is 0 Å². The zero-order chi connectivity index (χ0) is 36.3. The molecule has 48 heavy (non-hydrogen) atoms. The van der Waals surface area contributed by atoms with Crippen molar-refractivity contribution in [2.24, 2.45) is 34.5 Å². The summed E-state index contributed by atoms with van der Waals surface area (Å²) in [5.74, 6) is 4.62. The topological polar surface area (TPSA) is 0 Å². The first-order valence-corrected chi connectivity index (χ1v) is 22.8. The first-order chi connectivity index (χ1) is 23.5. The van der Waals surface area contributed by atoms with Crippen molar-refractivity contribution >= 4 is 0 Å². The molecule has 2 unspecified atom stereocenters. The molecule has 8 rings (SSSR count). The van der Waals surface area contributed by atoms with Gasteiger partial charge in [0.25, 0.3) is 0 Å². The molecule has 8 aliphatic carbocycles. The van der Waals surface area contributed by atoms with Gasteiger partial charge >= 0.3 is 0 Å². The van der Waals surface area contributed by atoms with E-state index in [1.807, 2.05) is 69.2 Å². The maximum absolute atomic E-state index is 3.85. The van der Waals surface area contributed by atoms with Crippen LogP contribution in [0.5, 0.6) is 0 Å². The lowest BCUT2D eigenvalue weighted by atomic mass is 9.80. The maximum Gasteiger partial charge on any atom is -0.0295 e. The van der Waals surface area contributed by atoms with Crippen LogP contribution in [0.3, 0.4) is 0 Å². The van der Waals surface area contributed by atoms with Gasteiger partial charge in [-0.05, 0) is 163 Å². The molecule has 8 fully saturated rings. The van der Waals surface area contributed by atoms with Gasteiger partial charge in [-0.1, -0.05) is 145 Å². The van der Waals surface area contributed by atoms with Crippen molar-refractivity contribution in [1.29, 1.82) is 0 Å². The number of hydrogen-bond acceptors (Lipinski definition) is 0. The summed E-state index contributed by atoms with van der Waals surface area (Å²) >= 11 is 0. The van der Waals surface area contributed by atoms with Crippen LogP contribution in [0.4, 0.5) is 0 Å². The van der Waals surface area contributed by atoms with E-state index in [4.69, 9.17) is 0 Å². The quantitative estimate of drug-likeness (QED) is 0.261. The third kappa shape index (κ3) is 19.8. The maximum atomic E-state index is 3.85. The minimum Gasteiger partial charge on any atom is -0.0999 e. The summed E-state index contributed by atoms with van der Waals surface area (Å²) in [6.07, 6.45) is 42.2. The lowest BCUT2D eigenvalue weighted by molar-refractivity contribution is 0.260. The van der Waals surface area contributed by atoms with Gasteiger partial charge in [0.15, 0.2) is 0 Å². The van der Waals surface area contributed by atoms with Crippen molar-refractivity contribution in [2.75, 3.05) is 0 Å². The summed E-state index contributed by atoms with van der Waals surface area (Å²) in [7, 11) is 0. The van der Waals surface area contributed by atoms with Gasteiger partial charge in [-0.3, -0.25) is 0 Å². The van der Waals surface area contributed by atoms with Crippen molar-refractivity contribution in [3.05, 3.63) is 24.3 Å². The Morgan fingerprint density at radius 1 is 0.375 bits per heavy atom. The van der Waals surface area contributed by atoms with Crippen molar-refractivity contribution in [3.8, 4) is 0 Å². The summed E-state index contributed by atoms with van der Waals surface area (Å²) in [5, 5.41) is 0. The van der Waals surface area contributed by atoms with Gasteiger partial charge in [-0.2, -0.15) is 0 Å². The molecule has 0 aliphatic heterocycles. The van der Waals surface area contributed by atoms with E-state index in [9.17, 15) is 0 Å². The summed E-state index contributed by atoms with van der Waals surface area (Å²) in [6, 6.07) is 0. The predicted octanol–water partition coefficient (Wildman–Crippen LogP) is 17.7. The van der Waals surface area contributed by atoms with Crippen LogP contribution in [-0.4, -0.2) is 0 Å². The molecule has 0 nitrogen and oxygen atoms in total. The zero-order valence-corrected chi connectivity index (χ0v) is 35.5. The fourth-order valence-electron chi connectivity index (χ4n) is 9.61. The van der Waals surface area contributed by atoms with E-state index in [2.05, 4.69) is 13.2 Å². The van der Waals surface area contributed by atoms with Crippen LogP contribution in [0.15, 0.2) is 24.3 Å². The largest absolute Gasteiger partial charge is 0.0999 e. The van der Waals surface area contributed by atoms with E-state index in [0.29, 0.717) is 0 Å². The van der Waals surface area contributed by atoms with Crippen LogP contribution >= 0.6 is 0 Å². The molecule has 8 aliphatic rings. The molecule has 0 saturated heterocycles. The Labute approximate surface area is 307 Å². The fourth-order valence-corrected chi connectivity index (χ4v) is 9.61. The van der Waals surface area contributed by atoms with Gasteiger partial charge < -0.3 is 0 Å². The van der Waals surface area contributed by atoms with Gasteiger partial charge in [0.1, 0.15) is 0 Å². The standard InChI is InChI=1S/C19H32.C7H12.2C6H10.5C2H6/c1-2-8-18(7-1)11-5-16(14-18)13-17-6-12-19(15-17)9-3-4-10-19;1-2-6(1)5-7-3-4-7;2*1-6-4-2-3-5-6;5*1-2/h16-17H,1-15H2;6-7H,1-5H2;2*1-5H2;5*1-2H3. The van der Waals surface area contributed by atoms with Crippen molar-refractivity contribution in [1.82, 2.24) is 0 Å². The minimum absolute atomic E-state index is 0.855. The Balaban J connectivity index is 0.000000634.